The van der Waals surface area contributed by atoms with Gasteiger partial charge in [-0.2, -0.15) is 0 Å². The number of nitrogen functional groups attached to an aromatic ring is 1. The van der Waals surface area contributed by atoms with E-state index in [4.69, 9.17) is 5.73 Å². The van der Waals surface area contributed by atoms with E-state index >= 15 is 0 Å². The molecule has 0 atom stereocenters. The van der Waals surface area contributed by atoms with Gasteiger partial charge < -0.3 is 5.73 Å². The first kappa shape index (κ1) is 13.1. The number of hydrogen-bond donors (Lipinski definition) is 1. The van der Waals surface area contributed by atoms with Gasteiger partial charge >= 0.3 is 0 Å². The maximum absolute atomic E-state index is 5.83. The fraction of sp³-hybridized carbons (Fsp3) is 0.533. The number of tetrazole rings is 1. The molecule has 1 aromatic carbocycles. The second-order valence-electron chi connectivity index (χ2n) is 6.05. The summed E-state index contributed by atoms with van der Waals surface area (Å²) in [7, 11) is 0. The summed E-state index contributed by atoms with van der Waals surface area (Å²) in [5, 5.41) is 12.4. The van der Waals surface area contributed by atoms with E-state index in [0.29, 0.717) is 0 Å². The van der Waals surface area contributed by atoms with Crippen LogP contribution in [-0.4, -0.2) is 20.2 Å². The highest BCUT2D eigenvalue weighted by molar-refractivity contribution is 5.63. The highest BCUT2D eigenvalue weighted by Crippen LogP contribution is 2.36. The molecule has 0 radical (unpaired) electrons. The second kappa shape index (κ2) is 4.89. The third-order valence-corrected chi connectivity index (χ3v) is 4.40. The minimum Gasteiger partial charge on any atom is -0.399 e. The SMILES string of the molecule is Cc1cc(N)ccc1-c1nnnn1C1(C)CCCCC1. The van der Waals surface area contributed by atoms with Gasteiger partial charge in [0.25, 0.3) is 0 Å². The predicted molar refractivity (Wildman–Crippen MR) is 79.1 cm³/mol. The largest absolute Gasteiger partial charge is 0.399 e. The lowest BCUT2D eigenvalue weighted by atomic mass is 9.83. The van der Waals surface area contributed by atoms with Crippen molar-refractivity contribution in [1.29, 1.82) is 0 Å². The van der Waals surface area contributed by atoms with E-state index in [1.807, 2.05) is 29.8 Å². The van der Waals surface area contributed by atoms with E-state index in [9.17, 15) is 0 Å². The van der Waals surface area contributed by atoms with Crippen LogP contribution in [0.25, 0.3) is 11.4 Å². The number of aryl methyl sites for hydroxylation is 1. The normalized spacial score (nSPS) is 18.1. The van der Waals surface area contributed by atoms with Crippen molar-refractivity contribution >= 4 is 5.69 Å². The number of rotatable bonds is 2. The average Bonchev–Trinajstić information content (AvgIpc) is 2.89. The van der Waals surface area contributed by atoms with Crippen molar-refractivity contribution < 1.29 is 0 Å². The van der Waals surface area contributed by atoms with Crippen LogP contribution in [0, 0.1) is 6.92 Å². The van der Waals surface area contributed by atoms with Gasteiger partial charge in [-0.3, -0.25) is 0 Å². The van der Waals surface area contributed by atoms with Crippen molar-refractivity contribution in [3.63, 3.8) is 0 Å². The lowest BCUT2D eigenvalue weighted by Crippen LogP contribution is -2.34. The summed E-state index contributed by atoms with van der Waals surface area (Å²) in [6.45, 7) is 4.31. The standard InChI is InChI=1S/C15H21N5/c1-11-10-12(16)6-7-13(11)14-17-18-19-20(14)15(2)8-4-3-5-9-15/h6-7,10H,3-5,8-9,16H2,1-2H3. The zero-order valence-electron chi connectivity index (χ0n) is 12.1. The molecule has 1 aliphatic rings. The molecule has 0 saturated heterocycles. The molecular formula is C15H21N5. The Kier molecular flexibility index (Phi) is 3.20. The zero-order valence-corrected chi connectivity index (χ0v) is 12.1. The summed E-state index contributed by atoms with van der Waals surface area (Å²) in [5.41, 5.74) is 8.81. The summed E-state index contributed by atoms with van der Waals surface area (Å²) in [6.07, 6.45) is 6.08. The van der Waals surface area contributed by atoms with Gasteiger partial charge in [-0.25, -0.2) is 4.68 Å². The van der Waals surface area contributed by atoms with Gasteiger partial charge in [0, 0.05) is 11.3 Å². The minimum atomic E-state index is 0.0326. The van der Waals surface area contributed by atoms with Crippen LogP contribution in [0.2, 0.25) is 0 Å². The zero-order chi connectivity index (χ0) is 14.2. The van der Waals surface area contributed by atoms with Crippen LogP contribution in [-0.2, 0) is 5.54 Å². The van der Waals surface area contributed by atoms with Crippen LogP contribution < -0.4 is 5.73 Å². The monoisotopic (exact) mass is 271 g/mol. The number of nitrogens with zero attached hydrogens (tertiary/aromatic N) is 4. The summed E-state index contributed by atoms with van der Waals surface area (Å²) in [4.78, 5) is 0. The Morgan fingerprint density at radius 3 is 2.65 bits per heavy atom. The van der Waals surface area contributed by atoms with Crippen molar-refractivity contribution in [2.45, 2.75) is 51.5 Å². The Hall–Kier alpha value is -1.91. The van der Waals surface area contributed by atoms with Crippen LogP contribution in [0.5, 0.6) is 0 Å². The molecule has 5 heteroatoms. The molecule has 0 amide bonds. The highest BCUT2D eigenvalue weighted by Gasteiger charge is 2.32. The molecule has 1 heterocycles. The molecular weight excluding hydrogens is 250 g/mol. The molecule has 106 valence electrons. The fourth-order valence-corrected chi connectivity index (χ4v) is 3.18. The van der Waals surface area contributed by atoms with E-state index < -0.39 is 0 Å². The summed E-state index contributed by atoms with van der Waals surface area (Å²) >= 11 is 0. The van der Waals surface area contributed by atoms with Gasteiger partial charge in [0.15, 0.2) is 5.82 Å². The third-order valence-electron chi connectivity index (χ3n) is 4.40. The van der Waals surface area contributed by atoms with E-state index in [1.54, 1.807) is 0 Å². The predicted octanol–water partition coefficient (Wildman–Crippen LogP) is 2.91. The fourth-order valence-electron chi connectivity index (χ4n) is 3.18. The van der Waals surface area contributed by atoms with E-state index in [2.05, 4.69) is 22.4 Å². The van der Waals surface area contributed by atoms with Gasteiger partial charge in [-0.05, 0) is 60.9 Å². The minimum absolute atomic E-state index is 0.0326. The number of nitrogens with two attached hydrogens (primary N) is 1. The van der Waals surface area contributed by atoms with Crippen LogP contribution in [0.4, 0.5) is 5.69 Å². The molecule has 0 bridgehead atoms. The second-order valence-corrected chi connectivity index (χ2v) is 6.05. The van der Waals surface area contributed by atoms with Crippen LogP contribution in [0.3, 0.4) is 0 Å². The smallest absolute Gasteiger partial charge is 0.182 e. The van der Waals surface area contributed by atoms with Crippen molar-refractivity contribution in [2.24, 2.45) is 0 Å². The summed E-state index contributed by atoms with van der Waals surface area (Å²) < 4.78 is 2.02. The van der Waals surface area contributed by atoms with Crippen molar-refractivity contribution in [3.05, 3.63) is 23.8 Å². The Morgan fingerprint density at radius 2 is 1.95 bits per heavy atom. The topological polar surface area (TPSA) is 69.6 Å². The molecule has 1 aromatic heterocycles. The number of hydrogen-bond acceptors (Lipinski definition) is 4. The number of benzene rings is 1. The summed E-state index contributed by atoms with van der Waals surface area (Å²) in [6, 6.07) is 5.89. The van der Waals surface area contributed by atoms with Crippen LogP contribution in [0.15, 0.2) is 18.2 Å². The first-order valence-electron chi connectivity index (χ1n) is 7.25. The van der Waals surface area contributed by atoms with Crippen molar-refractivity contribution in [1.82, 2.24) is 20.2 Å². The third kappa shape index (κ3) is 2.17. The van der Waals surface area contributed by atoms with E-state index in [-0.39, 0.29) is 5.54 Å². The highest BCUT2D eigenvalue weighted by atomic mass is 15.6. The molecule has 1 saturated carbocycles. The van der Waals surface area contributed by atoms with Gasteiger partial charge in [0.05, 0.1) is 5.54 Å². The molecule has 2 N–H and O–H groups in total. The average molecular weight is 271 g/mol. The Labute approximate surface area is 119 Å². The molecule has 20 heavy (non-hydrogen) atoms. The first-order chi connectivity index (χ1) is 9.60. The maximum Gasteiger partial charge on any atom is 0.182 e. The molecule has 3 rings (SSSR count). The van der Waals surface area contributed by atoms with E-state index in [0.717, 1.165) is 35.5 Å². The maximum atomic E-state index is 5.83. The molecule has 0 unspecified atom stereocenters. The summed E-state index contributed by atoms with van der Waals surface area (Å²) in [5.74, 6) is 0.854. The molecule has 0 aliphatic heterocycles. The van der Waals surface area contributed by atoms with Gasteiger partial charge in [-0.15, -0.1) is 5.10 Å². The Morgan fingerprint density at radius 1 is 1.20 bits per heavy atom. The van der Waals surface area contributed by atoms with Crippen LogP contribution >= 0.6 is 0 Å². The Balaban J connectivity index is 2.05. The Bertz CT molecular complexity index is 610. The number of aromatic nitrogens is 4. The molecule has 1 aliphatic carbocycles. The molecule has 1 fully saturated rings. The molecule has 2 aromatic rings. The van der Waals surface area contributed by atoms with Crippen LogP contribution in [0.1, 0.15) is 44.6 Å². The van der Waals surface area contributed by atoms with Gasteiger partial charge in [0.1, 0.15) is 0 Å². The van der Waals surface area contributed by atoms with E-state index in [1.165, 1.54) is 19.3 Å². The first-order valence-corrected chi connectivity index (χ1v) is 7.25. The van der Waals surface area contributed by atoms with Gasteiger partial charge in [-0.1, -0.05) is 19.3 Å². The molecule has 5 nitrogen and oxygen atoms in total. The quantitative estimate of drug-likeness (QED) is 0.853. The lowest BCUT2D eigenvalue weighted by Gasteiger charge is -2.34. The van der Waals surface area contributed by atoms with Crippen molar-refractivity contribution in [3.8, 4) is 11.4 Å². The van der Waals surface area contributed by atoms with Gasteiger partial charge in [0.2, 0.25) is 0 Å². The molecule has 0 spiro atoms. The van der Waals surface area contributed by atoms with Crippen molar-refractivity contribution in [2.75, 3.05) is 5.73 Å². The lowest BCUT2D eigenvalue weighted by molar-refractivity contribution is 0.197. The number of anilines is 1.